The molecule has 4 aliphatic heterocycles. The summed E-state index contributed by atoms with van der Waals surface area (Å²) in [7, 11) is 0. The number of amides is 3. The summed E-state index contributed by atoms with van der Waals surface area (Å²) in [6.07, 6.45) is 23.8. The van der Waals surface area contributed by atoms with Crippen LogP contribution >= 0.6 is 0 Å². The van der Waals surface area contributed by atoms with Gasteiger partial charge in [-0.2, -0.15) is 0 Å². The number of hydrogen-bond donors (Lipinski definition) is 4. The van der Waals surface area contributed by atoms with Gasteiger partial charge in [-0.25, -0.2) is 0 Å². The van der Waals surface area contributed by atoms with Crippen molar-refractivity contribution in [2.45, 2.75) is 178 Å². The Morgan fingerprint density at radius 1 is 0.750 bits per heavy atom. The first-order chi connectivity index (χ1) is 27.3. The van der Waals surface area contributed by atoms with Crippen LogP contribution in [-0.2, 0) is 19.1 Å². The number of hydrazine groups is 1. The number of carbonyl (C=O) groups is 3. The van der Waals surface area contributed by atoms with E-state index in [4.69, 9.17) is 4.74 Å². The smallest absolute Gasteiger partial charge is 0.249 e. The molecule has 0 spiro atoms. The van der Waals surface area contributed by atoms with Crippen LogP contribution in [0, 0.1) is 29.6 Å². The minimum Gasteiger partial charge on any atom is -0.393 e. The largest absolute Gasteiger partial charge is 0.393 e. The third-order valence-electron chi connectivity index (χ3n) is 16.0. The van der Waals surface area contributed by atoms with E-state index in [1.54, 1.807) is 4.90 Å². The molecule has 3 amide bonds. The predicted molar refractivity (Wildman–Crippen MR) is 217 cm³/mol. The molecule has 8 fully saturated rings. The Balaban J connectivity index is 0.731. The monoisotopic (exact) mass is 779 g/mol. The Bertz CT molecular complexity index is 1370. The van der Waals surface area contributed by atoms with Crippen molar-refractivity contribution in [3.05, 3.63) is 11.1 Å². The van der Waals surface area contributed by atoms with Crippen LogP contribution in [0.4, 0.5) is 0 Å². The lowest BCUT2D eigenvalue weighted by atomic mass is 9.68. The quantitative estimate of drug-likeness (QED) is 0.168. The summed E-state index contributed by atoms with van der Waals surface area (Å²) in [5.74, 6) is 2.18. The second-order valence-electron chi connectivity index (χ2n) is 19.4. The number of likely N-dealkylation sites (tertiary alicyclic amines) is 1. The molecule has 0 radical (unpaired) electrons. The maximum absolute atomic E-state index is 13.3. The molecule has 8 aliphatic rings. The number of carbonyl (C=O) groups excluding carboxylic acids is 3. The van der Waals surface area contributed by atoms with Crippen LogP contribution in [0.5, 0.6) is 0 Å². The van der Waals surface area contributed by atoms with E-state index >= 15 is 0 Å². The Kier molecular flexibility index (Phi) is 13.9. The van der Waals surface area contributed by atoms with Crippen LogP contribution in [0.25, 0.3) is 0 Å². The van der Waals surface area contributed by atoms with Crippen LogP contribution < -0.4 is 16.2 Å². The first kappa shape index (κ1) is 40.9. The maximum Gasteiger partial charge on any atom is 0.249 e. The molecule has 11 nitrogen and oxygen atoms in total. The van der Waals surface area contributed by atoms with Gasteiger partial charge in [0.15, 0.2) is 0 Å². The van der Waals surface area contributed by atoms with Gasteiger partial charge in [-0.1, -0.05) is 37.3 Å². The Morgan fingerprint density at radius 2 is 1.45 bits per heavy atom. The van der Waals surface area contributed by atoms with Gasteiger partial charge in [0.05, 0.1) is 18.8 Å². The fourth-order valence-corrected chi connectivity index (χ4v) is 12.8. The van der Waals surface area contributed by atoms with Crippen molar-refractivity contribution >= 4 is 17.7 Å². The van der Waals surface area contributed by atoms with Crippen LogP contribution in [0.15, 0.2) is 11.1 Å². The maximum atomic E-state index is 13.3. The number of fused-ring (bicyclic) bond motifs is 1. The molecule has 0 aromatic heterocycles. The molecule has 6 unspecified atom stereocenters. The number of rotatable bonds is 11. The lowest BCUT2D eigenvalue weighted by molar-refractivity contribution is -0.144. The zero-order valence-electron chi connectivity index (χ0n) is 34.6. The topological polar surface area (TPSA) is 126 Å². The number of nitrogens with one attached hydrogen (secondary N) is 3. The van der Waals surface area contributed by atoms with E-state index in [0.717, 1.165) is 89.7 Å². The molecule has 4 N–H and O–H groups in total. The van der Waals surface area contributed by atoms with Gasteiger partial charge in [-0.05, 0) is 133 Å². The minimum atomic E-state index is -0.478. The van der Waals surface area contributed by atoms with E-state index in [9.17, 15) is 19.5 Å². The lowest BCUT2D eigenvalue weighted by Gasteiger charge is -2.44. The van der Waals surface area contributed by atoms with Crippen LogP contribution in [-0.4, -0.2) is 120 Å². The minimum absolute atomic E-state index is 0.0377. The third-order valence-corrected chi connectivity index (χ3v) is 16.0. The molecule has 56 heavy (non-hydrogen) atoms. The van der Waals surface area contributed by atoms with Crippen LogP contribution in [0.1, 0.15) is 142 Å². The van der Waals surface area contributed by atoms with E-state index in [1.165, 1.54) is 83.5 Å². The molecule has 4 heterocycles. The van der Waals surface area contributed by atoms with Crippen molar-refractivity contribution < 1.29 is 24.2 Å². The number of nitrogens with zero attached hydrogens (tertiary/aromatic N) is 3. The van der Waals surface area contributed by atoms with Gasteiger partial charge in [0.2, 0.25) is 17.7 Å². The highest BCUT2D eigenvalue weighted by Crippen LogP contribution is 2.46. The van der Waals surface area contributed by atoms with Gasteiger partial charge in [-0.15, -0.1) is 0 Å². The third kappa shape index (κ3) is 9.59. The van der Waals surface area contributed by atoms with Crippen molar-refractivity contribution in [3.8, 4) is 0 Å². The van der Waals surface area contributed by atoms with E-state index in [0.29, 0.717) is 55.5 Å². The second-order valence-corrected chi connectivity index (χ2v) is 19.4. The van der Waals surface area contributed by atoms with Gasteiger partial charge in [0.25, 0.3) is 0 Å². The highest BCUT2D eigenvalue weighted by molar-refractivity contribution is 6.02. The van der Waals surface area contributed by atoms with Crippen LogP contribution in [0.3, 0.4) is 0 Å². The van der Waals surface area contributed by atoms with Crippen molar-refractivity contribution in [2.24, 2.45) is 29.6 Å². The molecule has 0 aromatic rings. The predicted octanol–water partition coefficient (Wildman–Crippen LogP) is 5.07. The van der Waals surface area contributed by atoms with Crippen LogP contribution in [0.2, 0.25) is 0 Å². The zero-order chi connectivity index (χ0) is 38.6. The number of piperidine rings is 1. The number of hydrogen-bond acceptors (Lipinski definition) is 9. The summed E-state index contributed by atoms with van der Waals surface area (Å²) in [5.41, 5.74) is 11.0. The molecule has 6 atom stereocenters. The average Bonchev–Trinajstić information content (AvgIpc) is 3.55. The number of aliphatic hydroxyl groups is 1. The normalized spacial score (nSPS) is 39.0. The summed E-state index contributed by atoms with van der Waals surface area (Å²) in [6.45, 7) is 9.26. The van der Waals surface area contributed by atoms with Gasteiger partial charge in [0, 0.05) is 69.7 Å². The molecule has 0 bridgehead atoms. The van der Waals surface area contributed by atoms with E-state index in [-0.39, 0.29) is 29.7 Å². The van der Waals surface area contributed by atoms with Crippen molar-refractivity contribution in [1.29, 1.82) is 0 Å². The average molecular weight is 779 g/mol. The molecule has 4 aliphatic carbocycles. The summed E-state index contributed by atoms with van der Waals surface area (Å²) in [6, 6.07) is 0.855. The van der Waals surface area contributed by atoms with Gasteiger partial charge in [-0.3, -0.25) is 40.4 Å². The molecule has 314 valence electrons. The highest BCUT2D eigenvalue weighted by atomic mass is 16.5. The first-order valence-corrected chi connectivity index (χ1v) is 23.5. The van der Waals surface area contributed by atoms with Crippen molar-refractivity contribution in [2.75, 3.05) is 45.9 Å². The number of imide groups is 1. The lowest BCUT2D eigenvalue weighted by Crippen LogP contribution is -2.59. The first-order valence-electron chi connectivity index (χ1n) is 23.5. The fourth-order valence-electron chi connectivity index (χ4n) is 12.8. The van der Waals surface area contributed by atoms with E-state index in [1.807, 2.05) is 11.1 Å². The summed E-state index contributed by atoms with van der Waals surface area (Å²) in [4.78, 5) is 44.5. The number of aliphatic hydroxyl groups excluding tert-OH is 1. The molecule has 0 aromatic carbocycles. The van der Waals surface area contributed by atoms with Crippen molar-refractivity contribution in [3.63, 3.8) is 0 Å². The Hall–Kier alpha value is -1.89. The SMILES string of the molecule is CC/C(=C(\C1CCC(O)CC1)C1CCC(OCC2CCC(CN3CCN(C4CCC5C(=O)N(C6CCC(=O)NC6=O)CC5C4)CC3)NN2)CC1)C1CCCCC1. The van der Waals surface area contributed by atoms with E-state index < -0.39 is 6.04 Å². The van der Waals surface area contributed by atoms with Crippen molar-refractivity contribution in [1.82, 2.24) is 30.9 Å². The molecular formula is C45H74N6O5. The zero-order valence-corrected chi connectivity index (χ0v) is 34.6. The van der Waals surface area contributed by atoms with Gasteiger partial charge in [0.1, 0.15) is 6.04 Å². The number of piperazine rings is 1. The fraction of sp³-hybridized carbons (Fsp3) is 0.889. The van der Waals surface area contributed by atoms with Gasteiger partial charge < -0.3 is 14.7 Å². The molecule has 4 saturated carbocycles. The Labute approximate surface area is 336 Å². The molecule has 8 rings (SSSR count). The Morgan fingerprint density at radius 3 is 2.12 bits per heavy atom. The molecule has 4 saturated heterocycles. The summed E-state index contributed by atoms with van der Waals surface area (Å²) >= 11 is 0. The molecule has 11 heteroatoms. The number of allylic oxidation sites excluding steroid dienone is 2. The number of ether oxygens (including phenoxy) is 1. The second kappa shape index (κ2) is 19.0. The standard InChI is InChI=1S/C45H74N6O5/c1-2-39(30-6-4-3-5-7-30)43(31-8-15-37(52)16-9-31)32-10-17-38(18-11-32)56-29-35-13-12-34(47-48-35)28-49-22-24-50(25-23-49)36-14-19-40-33(26-36)27-51(45(40)55)41-20-21-42(53)46-44(41)54/h30-38,40-41,47-48,52H,2-29H2,1H3,(H,46,53,54)/b43-39-. The molecular weight excluding hydrogens is 705 g/mol. The van der Waals surface area contributed by atoms with E-state index in [2.05, 4.69) is 32.9 Å². The highest BCUT2D eigenvalue weighted by Gasteiger charge is 2.49. The van der Waals surface area contributed by atoms with Gasteiger partial charge >= 0.3 is 0 Å². The summed E-state index contributed by atoms with van der Waals surface area (Å²) < 4.78 is 6.63. The summed E-state index contributed by atoms with van der Waals surface area (Å²) in [5, 5.41) is 12.7.